The molecular weight excluding hydrogens is 308 g/mol. The van der Waals surface area contributed by atoms with Crippen molar-refractivity contribution in [2.24, 2.45) is 7.05 Å². The van der Waals surface area contributed by atoms with Gasteiger partial charge in [0.05, 0.1) is 12.2 Å². The van der Waals surface area contributed by atoms with Gasteiger partial charge in [-0.25, -0.2) is 0 Å². The van der Waals surface area contributed by atoms with E-state index in [0.717, 1.165) is 29.2 Å². The molecule has 8 nitrogen and oxygen atoms in total. The lowest BCUT2D eigenvalue weighted by molar-refractivity contribution is -0.120. The number of nitrogens with one attached hydrogen (secondary N) is 2. The van der Waals surface area contributed by atoms with Crippen LogP contribution in [-0.2, 0) is 24.9 Å². The van der Waals surface area contributed by atoms with Gasteiger partial charge in [0.1, 0.15) is 5.69 Å². The standard InChI is InChI=1S/C16H24N6O2/c1-6-22-12(4)13(11(3)19-22)8-17-15(23)9-18-16(24)14-7-10(2)21(5)20-14/h7H,6,8-9H2,1-5H3,(H,17,23)(H,18,24). The predicted molar refractivity (Wildman–Crippen MR) is 89.5 cm³/mol. The Balaban J connectivity index is 1.86. The van der Waals surface area contributed by atoms with E-state index >= 15 is 0 Å². The summed E-state index contributed by atoms with van der Waals surface area (Å²) in [6.45, 7) is 8.89. The van der Waals surface area contributed by atoms with Gasteiger partial charge in [-0.15, -0.1) is 0 Å². The Morgan fingerprint density at radius 2 is 1.88 bits per heavy atom. The van der Waals surface area contributed by atoms with Gasteiger partial charge < -0.3 is 10.6 Å². The van der Waals surface area contributed by atoms with Crippen molar-refractivity contribution in [2.75, 3.05) is 6.54 Å². The summed E-state index contributed by atoms with van der Waals surface area (Å²) in [5, 5.41) is 13.9. The second-order valence-corrected chi connectivity index (χ2v) is 5.72. The van der Waals surface area contributed by atoms with Gasteiger partial charge in [0.2, 0.25) is 5.91 Å². The van der Waals surface area contributed by atoms with E-state index in [1.807, 2.05) is 32.4 Å². The van der Waals surface area contributed by atoms with Crippen LogP contribution in [0.25, 0.3) is 0 Å². The van der Waals surface area contributed by atoms with Crippen LogP contribution in [-0.4, -0.2) is 37.9 Å². The Hall–Kier alpha value is -2.64. The molecule has 2 N–H and O–H groups in total. The van der Waals surface area contributed by atoms with Crippen LogP contribution < -0.4 is 10.6 Å². The van der Waals surface area contributed by atoms with Crippen molar-refractivity contribution < 1.29 is 9.59 Å². The van der Waals surface area contributed by atoms with Gasteiger partial charge >= 0.3 is 0 Å². The molecule has 0 fully saturated rings. The summed E-state index contributed by atoms with van der Waals surface area (Å²) in [6, 6.07) is 1.68. The average Bonchev–Trinajstić information content (AvgIpc) is 3.02. The van der Waals surface area contributed by atoms with E-state index in [4.69, 9.17) is 0 Å². The molecule has 0 saturated carbocycles. The zero-order valence-electron chi connectivity index (χ0n) is 14.8. The molecular formula is C16H24N6O2. The van der Waals surface area contributed by atoms with Crippen LogP contribution in [0, 0.1) is 20.8 Å². The lowest BCUT2D eigenvalue weighted by Gasteiger charge is -2.07. The van der Waals surface area contributed by atoms with Crippen LogP contribution in [0.2, 0.25) is 0 Å². The second-order valence-electron chi connectivity index (χ2n) is 5.72. The fraction of sp³-hybridized carbons (Fsp3) is 0.500. The minimum atomic E-state index is -0.361. The minimum Gasteiger partial charge on any atom is -0.350 e. The SMILES string of the molecule is CCn1nc(C)c(CNC(=O)CNC(=O)c2cc(C)n(C)n2)c1C. The Morgan fingerprint density at radius 1 is 1.17 bits per heavy atom. The molecule has 2 heterocycles. The van der Waals surface area contributed by atoms with Crippen LogP contribution in [0.1, 0.15) is 40.1 Å². The molecule has 2 aromatic heterocycles. The maximum atomic E-state index is 12.0. The summed E-state index contributed by atoms with van der Waals surface area (Å²) in [4.78, 5) is 23.9. The first kappa shape index (κ1) is 17.7. The monoisotopic (exact) mass is 332 g/mol. The quantitative estimate of drug-likeness (QED) is 0.810. The first-order valence-corrected chi connectivity index (χ1v) is 7.91. The molecule has 0 aromatic carbocycles. The van der Waals surface area contributed by atoms with Gasteiger partial charge in [-0.2, -0.15) is 10.2 Å². The molecule has 8 heteroatoms. The van der Waals surface area contributed by atoms with E-state index in [1.54, 1.807) is 17.8 Å². The molecule has 2 rings (SSSR count). The fourth-order valence-electron chi connectivity index (χ4n) is 2.47. The van der Waals surface area contributed by atoms with Crippen molar-refractivity contribution in [1.82, 2.24) is 30.2 Å². The topological polar surface area (TPSA) is 93.8 Å². The molecule has 0 unspecified atom stereocenters. The maximum Gasteiger partial charge on any atom is 0.272 e. The highest BCUT2D eigenvalue weighted by Crippen LogP contribution is 2.12. The highest BCUT2D eigenvalue weighted by Gasteiger charge is 2.14. The Labute approximate surface area is 141 Å². The lowest BCUT2D eigenvalue weighted by atomic mass is 10.2. The van der Waals surface area contributed by atoms with Crippen molar-refractivity contribution in [3.05, 3.63) is 34.4 Å². The molecule has 0 radical (unpaired) electrons. The third kappa shape index (κ3) is 3.81. The molecule has 24 heavy (non-hydrogen) atoms. The normalized spacial score (nSPS) is 10.7. The predicted octanol–water partition coefficient (Wildman–Crippen LogP) is 0.608. The fourth-order valence-corrected chi connectivity index (χ4v) is 2.47. The van der Waals surface area contributed by atoms with Gasteiger partial charge in [-0.1, -0.05) is 0 Å². The number of nitrogens with zero attached hydrogens (tertiary/aromatic N) is 4. The van der Waals surface area contributed by atoms with Crippen LogP contribution >= 0.6 is 0 Å². The highest BCUT2D eigenvalue weighted by molar-refractivity contribution is 5.94. The number of rotatable bonds is 6. The Bertz CT molecular complexity index is 739. The number of hydrogen-bond acceptors (Lipinski definition) is 4. The molecule has 0 spiro atoms. The highest BCUT2D eigenvalue weighted by atomic mass is 16.2. The molecule has 2 amide bonds. The second kappa shape index (κ2) is 7.29. The van der Waals surface area contributed by atoms with Crippen LogP contribution in [0.3, 0.4) is 0 Å². The summed E-state index contributed by atoms with van der Waals surface area (Å²) in [5.74, 6) is -0.612. The Morgan fingerprint density at radius 3 is 2.42 bits per heavy atom. The van der Waals surface area contributed by atoms with Gasteiger partial charge in [0.25, 0.3) is 5.91 Å². The zero-order valence-corrected chi connectivity index (χ0v) is 14.8. The van der Waals surface area contributed by atoms with Gasteiger partial charge in [-0.05, 0) is 33.8 Å². The van der Waals surface area contributed by atoms with Crippen molar-refractivity contribution in [3.8, 4) is 0 Å². The molecule has 0 saturated heterocycles. The Kier molecular flexibility index (Phi) is 5.38. The maximum absolute atomic E-state index is 12.0. The molecule has 2 aromatic rings. The summed E-state index contributed by atoms with van der Waals surface area (Å²) < 4.78 is 3.52. The molecule has 0 aliphatic carbocycles. The molecule has 0 aliphatic rings. The lowest BCUT2D eigenvalue weighted by Crippen LogP contribution is -2.37. The van der Waals surface area contributed by atoms with E-state index < -0.39 is 0 Å². The largest absolute Gasteiger partial charge is 0.350 e. The van der Waals surface area contributed by atoms with Crippen LogP contribution in [0.15, 0.2) is 6.07 Å². The first-order valence-electron chi connectivity index (χ1n) is 7.91. The van der Waals surface area contributed by atoms with Crippen molar-refractivity contribution in [1.29, 1.82) is 0 Å². The van der Waals surface area contributed by atoms with Crippen molar-refractivity contribution in [3.63, 3.8) is 0 Å². The summed E-state index contributed by atoms with van der Waals surface area (Å²) in [5.41, 5.74) is 4.14. The molecule has 130 valence electrons. The smallest absolute Gasteiger partial charge is 0.272 e. The number of hydrogen-bond donors (Lipinski definition) is 2. The average molecular weight is 332 g/mol. The number of carbonyl (C=O) groups excluding carboxylic acids is 2. The summed E-state index contributed by atoms with van der Waals surface area (Å²) in [6.07, 6.45) is 0. The molecule has 0 atom stereocenters. The van der Waals surface area contributed by atoms with E-state index in [-0.39, 0.29) is 18.4 Å². The third-order valence-electron chi connectivity index (χ3n) is 4.05. The molecule has 0 bridgehead atoms. The van der Waals surface area contributed by atoms with Gasteiger partial charge in [-0.3, -0.25) is 19.0 Å². The number of aryl methyl sites for hydroxylation is 4. The van der Waals surface area contributed by atoms with E-state index in [1.165, 1.54) is 0 Å². The third-order valence-corrected chi connectivity index (χ3v) is 4.05. The number of carbonyl (C=O) groups is 2. The van der Waals surface area contributed by atoms with Crippen LogP contribution in [0.4, 0.5) is 0 Å². The molecule has 0 aliphatic heterocycles. The minimum absolute atomic E-state index is 0.0888. The number of aromatic nitrogens is 4. The van der Waals surface area contributed by atoms with Gasteiger partial charge in [0.15, 0.2) is 0 Å². The number of amides is 2. The van der Waals surface area contributed by atoms with Gasteiger partial charge in [0, 0.05) is 37.1 Å². The van der Waals surface area contributed by atoms with E-state index in [2.05, 4.69) is 20.8 Å². The summed E-state index contributed by atoms with van der Waals surface area (Å²) in [7, 11) is 1.76. The zero-order chi connectivity index (χ0) is 17.9. The first-order chi connectivity index (χ1) is 11.3. The van der Waals surface area contributed by atoms with E-state index in [9.17, 15) is 9.59 Å². The van der Waals surface area contributed by atoms with Crippen molar-refractivity contribution in [2.45, 2.75) is 40.8 Å². The van der Waals surface area contributed by atoms with Crippen molar-refractivity contribution >= 4 is 11.8 Å². The van der Waals surface area contributed by atoms with E-state index in [0.29, 0.717) is 12.2 Å². The summed E-state index contributed by atoms with van der Waals surface area (Å²) >= 11 is 0. The van der Waals surface area contributed by atoms with Crippen LogP contribution in [0.5, 0.6) is 0 Å².